The maximum Gasteiger partial charge on any atom is 0.267 e. The Balaban J connectivity index is 2.57. The lowest BCUT2D eigenvalue weighted by molar-refractivity contribution is -0.0260. The third kappa shape index (κ3) is 1.41. The normalized spacial score (nSPS) is 23.9. The van der Waals surface area contributed by atoms with Crippen LogP contribution in [0.3, 0.4) is 0 Å². The lowest BCUT2D eigenvalue weighted by atomic mass is 9.92. The number of ether oxygens (including phenoxy) is 1. The number of aromatic nitrogens is 1. The van der Waals surface area contributed by atoms with Gasteiger partial charge in [0.15, 0.2) is 0 Å². The van der Waals surface area contributed by atoms with Crippen molar-refractivity contribution in [3.8, 4) is 0 Å². The van der Waals surface area contributed by atoms with Crippen molar-refractivity contribution < 1.29 is 9.53 Å². The zero-order valence-corrected chi connectivity index (χ0v) is 8.91. The summed E-state index contributed by atoms with van der Waals surface area (Å²) < 4.78 is 5.70. The molecule has 0 aromatic carbocycles. The maximum atomic E-state index is 11.2. The van der Waals surface area contributed by atoms with Crippen LogP contribution in [0.1, 0.15) is 41.9 Å². The SMILES string of the molecule is CCC1(C)OCc2c1ccnc2C(N)=O. The van der Waals surface area contributed by atoms with E-state index in [9.17, 15) is 4.79 Å². The third-order valence-corrected chi connectivity index (χ3v) is 3.07. The molecule has 0 radical (unpaired) electrons. The molecule has 0 saturated heterocycles. The number of nitrogens with two attached hydrogens (primary N) is 1. The number of carbonyl (C=O) groups excluding carboxylic acids is 1. The monoisotopic (exact) mass is 206 g/mol. The van der Waals surface area contributed by atoms with Crippen molar-refractivity contribution in [3.63, 3.8) is 0 Å². The van der Waals surface area contributed by atoms with Gasteiger partial charge in [-0.3, -0.25) is 9.78 Å². The first-order valence-corrected chi connectivity index (χ1v) is 5.00. The molecule has 4 heteroatoms. The van der Waals surface area contributed by atoms with Crippen molar-refractivity contribution in [1.82, 2.24) is 4.98 Å². The molecule has 0 spiro atoms. The molecule has 1 unspecified atom stereocenters. The number of hydrogen-bond donors (Lipinski definition) is 1. The number of primary amides is 1. The van der Waals surface area contributed by atoms with Crippen LogP contribution in [0.5, 0.6) is 0 Å². The van der Waals surface area contributed by atoms with E-state index in [-0.39, 0.29) is 5.60 Å². The van der Waals surface area contributed by atoms with Gasteiger partial charge in [-0.05, 0) is 25.0 Å². The summed E-state index contributed by atoms with van der Waals surface area (Å²) >= 11 is 0. The van der Waals surface area contributed by atoms with Crippen LogP contribution in [0.15, 0.2) is 12.3 Å². The van der Waals surface area contributed by atoms with Gasteiger partial charge >= 0.3 is 0 Å². The van der Waals surface area contributed by atoms with Gasteiger partial charge in [0.05, 0.1) is 12.2 Å². The van der Waals surface area contributed by atoms with Gasteiger partial charge in [0.25, 0.3) is 5.91 Å². The standard InChI is InChI=1S/C11H14N2O2/c1-3-11(2)8-4-5-13-9(10(12)14)7(8)6-15-11/h4-5H,3,6H2,1-2H3,(H2,12,14). The number of hydrogen-bond acceptors (Lipinski definition) is 3. The molecule has 1 aliphatic heterocycles. The van der Waals surface area contributed by atoms with E-state index in [2.05, 4.69) is 11.9 Å². The second-order valence-electron chi connectivity index (χ2n) is 3.92. The number of nitrogens with zero attached hydrogens (tertiary/aromatic N) is 1. The lowest BCUT2D eigenvalue weighted by Crippen LogP contribution is -2.20. The molecule has 80 valence electrons. The van der Waals surface area contributed by atoms with Crippen molar-refractivity contribution in [1.29, 1.82) is 0 Å². The quantitative estimate of drug-likeness (QED) is 0.794. The van der Waals surface area contributed by atoms with Crippen LogP contribution in [0.2, 0.25) is 0 Å². The van der Waals surface area contributed by atoms with Gasteiger partial charge in [-0.15, -0.1) is 0 Å². The van der Waals surface area contributed by atoms with Crippen LogP contribution in [0.25, 0.3) is 0 Å². The summed E-state index contributed by atoms with van der Waals surface area (Å²) in [4.78, 5) is 15.2. The van der Waals surface area contributed by atoms with Crippen molar-refractivity contribution in [2.75, 3.05) is 0 Å². The van der Waals surface area contributed by atoms with E-state index in [4.69, 9.17) is 10.5 Å². The molecule has 1 aliphatic rings. The molecular weight excluding hydrogens is 192 g/mol. The zero-order chi connectivity index (χ0) is 11.1. The lowest BCUT2D eigenvalue weighted by Gasteiger charge is -2.22. The molecule has 1 aromatic heterocycles. The Labute approximate surface area is 88.4 Å². The summed E-state index contributed by atoms with van der Waals surface area (Å²) in [6.45, 7) is 4.49. The number of pyridine rings is 1. The largest absolute Gasteiger partial charge is 0.366 e. The van der Waals surface area contributed by atoms with Gasteiger partial charge in [0.1, 0.15) is 5.69 Å². The van der Waals surface area contributed by atoms with Crippen molar-refractivity contribution >= 4 is 5.91 Å². The molecule has 0 saturated carbocycles. The van der Waals surface area contributed by atoms with E-state index in [1.165, 1.54) is 0 Å². The average molecular weight is 206 g/mol. The van der Waals surface area contributed by atoms with Crippen LogP contribution < -0.4 is 5.73 Å². The highest BCUT2D eigenvalue weighted by Gasteiger charge is 2.36. The smallest absolute Gasteiger partial charge is 0.267 e. The summed E-state index contributed by atoms with van der Waals surface area (Å²) in [5.74, 6) is -0.490. The predicted octanol–water partition coefficient (Wildman–Crippen LogP) is 1.34. The highest BCUT2D eigenvalue weighted by Crippen LogP contribution is 2.39. The Bertz CT molecular complexity index is 417. The highest BCUT2D eigenvalue weighted by molar-refractivity contribution is 5.92. The van der Waals surface area contributed by atoms with Crippen LogP contribution in [0.4, 0.5) is 0 Å². The fourth-order valence-electron chi connectivity index (χ4n) is 1.95. The molecule has 4 nitrogen and oxygen atoms in total. The Morgan fingerprint density at radius 3 is 3.07 bits per heavy atom. The summed E-state index contributed by atoms with van der Waals surface area (Å²) in [5.41, 5.74) is 7.17. The fourth-order valence-corrected chi connectivity index (χ4v) is 1.95. The van der Waals surface area contributed by atoms with E-state index in [0.29, 0.717) is 12.3 Å². The first-order chi connectivity index (χ1) is 7.08. The second-order valence-corrected chi connectivity index (χ2v) is 3.92. The van der Waals surface area contributed by atoms with E-state index in [1.807, 2.05) is 13.0 Å². The van der Waals surface area contributed by atoms with Crippen molar-refractivity contribution in [3.05, 3.63) is 29.1 Å². The van der Waals surface area contributed by atoms with Crippen molar-refractivity contribution in [2.45, 2.75) is 32.5 Å². The average Bonchev–Trinajstić information content (AvgIpc) is 2.57. The minimum atomic E-state index is -0.490. The van der Waals surface area contributed by atoms with Gasteiger partial charge in [0.2, 0.25) is 0 Å². The van der Waals surface area contributed by atoms with Crippen LogP contribution in [-0.2, 0) is 16.9 Å². The zero-order valence-electron chi connectivity index (χ0n) is 8.91. The van der Waals surface area contributed by atoms with E-state index >= 15 is 0 Å². The fraction of sp³-hybridized carbons (Fsp3) is 0.455. The van der Waals surface area contributed by atoms with E-state index in [0.717, 1.165) is 17.5 Å². The van der Waals surface area contributed by atoms with E-state index in [1.54, 1.807) is 6.20 Å². The number of amides is 1. The Morgan fingerprint density at radius 2 is 2.47 bits per heavy atom. The molecule has 0 aliphatic carbocycles. The highest BCUT2D eigenvalue weighted by atomic mass is 16.5. The van der Waals surface area contributed by atoms with Gasteiger partial charge in [-0.2, -0.15) is 0 Å². The first-order valence-electron chi connectivity index (χ1n) is 5.00. The second kappa shape index (κ2) is 3.31. The van der Waals surface area contributed by atoms with Crippen LogP contribution >= 0.6 is 0 Å². The molecule has 1 aromatic rings. The Morgan fingerprint density at radius 1 is 1.73 bits per heavy atom. The summed E-state index contributed by atoms with van der Waals surface area (Å²) in [5, 5.41) is 0. The minimum Gasteiger partial charge on any atom is -0.366 e. The molecule has 15 heavy (non-hydrogen) atoms. The molecular formula is C11H14N2O2. The predicted molar refractivity (Wildman–Crippen MR) is 55.2 cm³/mol. The Kier molecular flexibility index (Phi) is 2.23. The maximum absolute atomic E-state index is 11.2. The van der Waals surface area contributed by atoms with Crippen molar-refractivity contribution in [2.24, 2.45) is 5.73 Å². The van der Waals surface area contributed by atoms with Gasteiger partial charge in [-0.25, -0.2) is 0 Å². The number of rotatable bonds is 2. The summed E-state index contributed by atoms with van der Waals surface area (Å²) in [7, 11) is 0. The Hall–Kier alpha value is -1.42. The molecule has 0 bridgehead atoms. The van der Waals surface area contributed by atoms with Crippen LogP contribution in [0, 0.1) is 0 Å². The molecule has 2 heterocycles. The third-order valence-electron chi connectivity index (χ3n) is 3.07. The van der Waals surface area contributed by atoms with Gasteiger partial charge < -0.3 is 10.5 Å². The summed E-state index contributed by atoms with van der Waals surface area (Å²) in [6, 6.07) is 1.90. The molecule has 1 atom stereocenters. The number of fused-ring (bicyclic) bond motifs is 1. The number of carbonyl (C=O) groups is 1. The minimum absolute atomic E-state index is 0.303. The van der Waals surface area contributed by atoms with Gasteiger partial charge in [-0.1, -0.05) is 6.92 Å². The molecule has 1 amide bonds. The van der Waals surface area contributed by atoms with E-state index < -0.39 is 5.91 Å². The van der Waals surface area contributed by atoms with Gasteiger partial charge in [0, 0.05) is 11.8 Å². The van der Waals surface area contributed by atoms with Crippen LogP contribution in [-0.4, -0.2) is 10.9 Å². The topological polar surface area (TPSA) is 65.2 Å². The molecule has 2 rings (SSSR count). The molecule has 0 fully saturated rings. The summed E-state index contributed by atoms with van der Waals surface area (Å²) in [6.07, 6.45) is 2.48. The first kappa shape index (κ1) is 10.1. The molecule has 2 N–H and O–H groups in total.